The van der Waals surface area contributed by atoms with Crippen LogP contribution in [0.25, 0.3) is 0 Å². The van der Waals surface area contributed by atoms with Crippen molar-refractivity contribution in [1.82, 2.24) is 15.1 Å². The van der Waals surface area contributed by atoms with Gasteiger partial charge in [-0.3, -0.25) is 4.68 Å². The molecule has 3 heteroatoms. The number of hydrogen-bond acceptors (Lipinski definition) is 2. The van der Waals surface area contributed by atoms with Crippen molar-refractivity contribution in [2.45, 2.75) is 51.9 Å². The van der Waals surface area contributed by atoms with E-state index in [-0.39, 0.29) is 0 Å². The summed E-state index contributed by atoms with van der Waals surface area (Å²) in [6, 6.07) is 0. The fourth-order valence-corrected chi connectivity index (χ4v) is 3.39. The number of aryl methyl sites for hydroxylation is 2. The van der Waals surface area contributed by atoms with E-state index in [1.807, 2.05) is 17.9 Å². The summed E-state index contributed by atoms with van der Waals surface area (Å²) >= 11 is 0. The predicted molar refractivity (Wildman–Crippen MR) is 80.1 cm³/mol. The number of nitrogens with one attached hydrogen (secondary N) is 1. The summed E-state index contributed by atoms with van der Waals surface area (Å²) in [7, 11) is 2.00. The summed E-state index contributed by atoms with van der Waals surface area (Å²) in [6.45, 7) is 4.53. The lowest BCUT2D eigenvalue weighted by Gasteiger charge is -2.25. The van der Waals surface area contributed by atoms with Crippen molar-refractivity contribution in [3.05, 3.63) is 18.0 Å². The standard InChI is InChI=1S/C16H29N3/c1-3-17-12-16-8-6-4-5-7-15(16)10-9-14-11-18-19(2)13-14/h11,13,15-17H,3-10,12H2,1-2H3. The fourth-order valence-electron chi connectivity index (χ4n) is 3.39. The third-order valence-electron chi connectivity index (χ3n) is 4.54. The molecule has 1 aliphatic carbocycles. The number of rotatable bonds is 6. The third kappa shape index (κ3) is 4.64. The molecule has 1 N–H and O–H groups in total. The molecular weight excluding hydrogens is 234 g/mol. The smallest absolute Gasteiger partial charge is 0.0521 e. The highest BCUT2D eigenvalue weighted by molar-refractivity contribution is 5.03. The second kappa shape index (κ2) is 7.68. The van der Waals surface area contributed by atoms with Crippen LogP contribution in [-0.4, -0.2) is 22.9 Å². The molecule has 1 fully saturated rings. The van der Waals surface area contributed by atoms with Gasteiger partial charge in [0, 0.05) is 13.2 Å². The van der Waals surface area contributed by atoms with Crippen molar-refractivity contribution in [3.63, 3.8) is 0 Å². The Labute approximate surface area is 117 Å². The van der Waals surface area contributed by atoms with Crippen LogP contribution >= 0.6 is 0 Å². The highest BCUT2D eigenvalue weighted by atomic mass is 15.2. The average molecular weight is 263 g/mol. The van der Waals surface area contributed by atoms with Gasteiger partial charge in [-0.2, -0.15) is 5.10 Å². The Morgan fingerprint density at radius 2 is 2.05 bits per heavy atom. The summed E-state index contributed by atoms with van der Waals surface area (Å²) < 4.78 is 1.92. The van der Waals surface area contributed by atoms with E-state index >= 15 is 0 Å². The quantitative estimate of drug-likeness (QED) is 0.799. The van der Waals surface area contributed by atoms with Gasteiger partial charge in [0.25, 0.3) is 0 Å². The van der Waals surface area contributed by atoms with Gasteiger partial charge in [-0.05, 0) is 49.8 Å². The van der Waals surface area contributed by atoms with E-state index in [0.29, 0.717) is 0 Å². The van der Waals surface area contributed by atoms with E-state index in [4.69, 9.17) is 0 Å². The first-order chi connectivity index (χ1) is 9.29. The largest absolute Gasteiger partial charge is 0.317 e. The van der Waals surface area contributed by atoms with Crippen molar-refractivity contribution in [3.8, 4) is 0 Å². The first-order valence-electron chi connectivity index (χ1n) is 7.98. The molecule has 108 valence electrons. The molecule has 0 spiro atoms. The molecular formula is C16H29N3. The summed E-state index contributed by atoms with van der Waals surface area (Å²) in [4.78, 5) is 0. The maximum Gasteiger partial charge on any atom is 0.0521 e. The van der Waals surface area contributed by atoms with E-state index in [2.05, 4.69) is 23.5 Å². The molecule has 1 aliphatic rings. The molecule has 0 amide bonds. The monoisotopic (exact) mass is 263 g/mol. The Hall–Kier alpha value is -0.830. The molecule has 0 radical (unpaired) electrons. The van der Waals surface area contributed by atoms with Crippen molar-refractivity contribution < 1.29 is 0 Å². The zero-order valence-electron chi connectivity index (χ0n) is 12.6. The SMILES string of the molecule is CCNCC1CCCCCC1CCc1cnn(C)c1. The van der Waals surface area contributed by atoms with Gasteiger partial charge in [0.05, 0.1) is 6.20 Å². The zero-order valence-corrected chi connectivity index (χ0v) is 12.6. The third-order valence-corrected chi connectivity index (χ3v) is 4.54. The van der Waals surface area contributed by atoms with Crippen LogP contribution in [0.15, 0.2) is 12.4 Å². The maximum absolute atomic E-state index is 4.27. The van der Waals surface area contributed by atoms with Gasteiger partial charge >= 0.3 is 0 Å². The van der Waals surface area contributed by atoms with Gasteiger partial charge in [-0.15, -0.1) is 0 Å². The molecule has 0 bridgehead atoms. The van der Waals surface area contributed by atoms with Crippen LogP contribution in [0.5, 0.6) is 0 Å². The zero-order chi connectivity index (χ0) is 13.5. The molecule has 1 aromatic heterocycles. The Bertz CT molecular complexity index is 359. The van der Waals surface area contributed by atoms with Crippen LogP contribution in [0.2, 0.25) is 0 Å². The molecule has 1 heterocycles. The Kier molecular flexibility index (Phi) is 5.90. The van der Waals surface area contributed by atoms with Crippen LogP contribution in [-0.2, 0) is 13.5 Å². The molecule has 2 unspecified atom stereocenters. The first-order valence-corrected chi connectivity index (χ1v) is 7.98. The van der Waals surface area contributed by atoms with E-state index < -0.39 is 0 Å². The molecule has 19 heavy (non-hydrogen) atoms. The van der Waals surface area contributed by atoms with Crippen molar-refractivity contribution in [1.29, 1.82) is 0 Å². The number of nitrogens with zero attached hydrogens (tertiary/aromatic N) is 2. The van der Waals surface area contributed by atoms with Crippen molar-refractivity contribution in [2.24, 2.45) is 18.9 Å². The topological polar surface area (TPSA) is 29.9 Å². The normalized spacial score (nSPS) is 24.3. The molecule has 2 rings (SSSR count). The lowest BCUT2D eigenvalue weighted by atomic mass is 9.84. The van der Waals surface area contributed by atoms with Gasteiger partial charge < -0.3 is 5.32 Å². The Morgan fingerprint density at radius 3 is 2.74 bits per heavy atom. The minimum atomic E-state index is 0.888. The van der Waals surface area contributed by atoms with Crippen molar-refractivity contribution in [2.75, 3.05) is 13.1 Å². The van der Waals surface area contributed by atoms with Gasteiger partial charge in [0.2, 0.25) is 0 Å². The van der Waals surface area contributed by atoms with E-state index in [9.17, 15) is 0 Å². The van der Waals surface area contributed by atoms with Crippen LogP contribution < -0.4 is 5.32 Å². The van der Waals surface area contributed by atoms with E-state index in [1.165, 1.54) is 57.1 Å². The molecule has 0 aromatic carbocycles. The molecule has 3 nitrogen and oxygen atoms in total. The van der Waals surface area contributed by atoms with Crippen molar-refractivity contribution >= 4 is 0 Å². The van der Waals surface area contributed by atoms with Crippen LogP contribution in [0.3, 0.4) is 0 Å². The fraction of sp³-hybridized carbons (Fsp3) is 0.812. The summed E-state index contributed by atoms with van der Waals surface area (Å²) in [5.41, 5.74) is 1.40. The van der Waals surface area contributed by atoms with Gasteiger partial charge in [-0.25, -0.2) is 0 Å². The maximum atomic E-state index is 4.27. The Morgan fingerprint density at radius 1 is 1.26 bits per heavy atom. The van der Waals surface area contributed by atoms with E-state index in [0.717, 1.165) is 18.4 Å². The van der Waals surface area contributed by atoms with Gasteiger partial charge in [-0.1, -0.05) is 32.6 Å². The number of aromatic nitrogens is 2. The van der Waals surface area contributed by atoms with Crippen LogP contribution in [0.4, 0.5) is 0 Å². The van der Waals surface area contributed by atoms with E-state index in [1.54, 1.807) is 0 Å². The molecule has 0 saturated heterocycles. The molecule has 1 aromatic rings. The molecule has 2 atom stereocenters. The number of hydrogen-bond donors (Lipinski definition) is 1. The summed E-state index contributed by atoms with van der Waals surface area (Å²) in [5.74, 6) is 1.79. The second-order valence-corrected chi connectivity index (χ2v) is 6.03. The van der Waals surface area contributed by atoms with Gasteiger partial charge in [0.15, 0.2) is 0 Å². The Balaban J connectivity index is 1.86. The second-order valence-electron chi connectivity index (χ2n) is 6.03. The predicted octanol–water partition coefficient (Wildman–Crippen LogP) is 3.16. The lowest BCUT2D eigenvalue weighted by molar-refractivity contribution is 0.285. The van der Waals surface area contributed by atoms with Crippen LogP contribution in [0, 0.1) is 11.8 Å². The van der Waals surface area contributed by atoms with Crippen LogP contribution in [0.1, 0.15) is 51.0 Å². The first kappa shape index (κ1) is 14.6. The lowest BCUT2D eigenvalue weighted by Crippen LogP contribution is -2.28. The van der Waals surface area contributed by atoms with Gasteiger partial charge in [0.1, 0.15) is 0 Å². The molecule has 0 aliphatic heterocycles. The minimum absolute atomic E-state index is 0.888. The highest BCUT2D eigenvalue weighted by Crippen LogP contribution is 2.31. The highest BCUT2D eigenvalue weighted by Gasteiger charge is 2.23. The summed E-state index contributed by atoms with van der Waals surface area (Å²) in [5, 5.41) is 7.83. The average Bonchev–Trinajstić information content (AvgIpc) is 2.70. The summed E-state index contributed by atoms with van der Waals surface area (Å²) in [6.07, 6.45) is 13.9. The minimum Gasteiger partial charge on any atom is -0.317 e. The molecule has 1 saturated carbocycles.